The number of nitrogens with one attached hydrogen (secondary N) is 1. The number of rotatable bonds is 8. The molecule has 0 bridgehead atoms. The molecule has 0 aliphatic carbocycles. The van der Waals surface area contributed by atoms with Gasteiger partial charge in [0.2, 0.25) is 5.95 Å². The maximum absolute atomic E-state index is 12.6. The fraction of sp³-hybridized carbons (Fsp3) is 0.371. The second-order valence-electron chi connectivity index (χ2n) is 12.7. The number of ether oxygens (including phenoxy) is 2. The number of likely N-dealkylation sites (tertiary alicyclic amines) is 1. The molecule has 246 valence electrons. The van der Waals surface area contributed by atoms with Crippen molar-refractivity contribution < 1.29 is 14.3 Å². The van der Waals surface area contributed by atoms with Gasteiger partial charge >= 0.3 is 6.09 Å². The van der Waals surface area contributed by atoms with Gasteiger partial charge in [0.25, 0.3) is 0 Å². The number of hydrogen-bond acceptors (Lipinski definition) is 10. The van der Waals surface area contributed by atoms with Crippen LogP contribution in [0.1, 0.15) is 63.4 Å². The number of methoxy groups -OCH3 is 1. The molecule has 0 spiro atoms. The highest BCUT2D eigenvalue weighted by Crippen LogP contribution is 2.33. The summed E-state index contributed by atoms with van der Waals surface area (Å²) in [4.78, 5) is 25.7. The number of anilines is 3. The number of aromatic nitrogens is 5. The summed E-state index contributed by atoms with van der Waals surface area (Å²) in [6.45, 7) is 9.98. The lowest BCUT2D eigenvalue weighted by atomic mass is 10.0. The van der Waals surface area contributed by atoms with E-state index in [4.69, 9.17) is 14.5 Å². The van der Waals surface area contributed by atoms with Gasteiger partial charge in [-0.1, -0.05) is 12.1 Å². The molecule has 0 radical (unpaired) electrons. The Bertz CT molecular complexity index is 2040. The van der Waals surface area contributed by atoms with Gasteiger partial charge in [-0.15, -0.1) is 5.10 Å². The van der Waals surface area contributed by atoms with Crippen LogP contribution in [0.15, 0.2) is 54.9 Å². The Hall–Kier alpha value is -5.82. The van der Waals surface area contributed by atoms with Crippen LogP contribution in [0.25, 0.3) is 16.6 Å². The van der Waals surface area contributed by atoms with E-state index in [0.29, 0.717) is 48.9 Å². The third-order valence-electron chi connectivity index (χ3n) is 8.39. The molecule has 1 fully saturated rings. The largest absolute Gasteiger partial charge is 0.497 e. The van der Waals surface area contributed by atoms with Crippen LogP contribution in [0.4, 0.5) is 22.2 Å². The minimum atomic E-state index is -0.542. The van der Waals surface area contributed by atoms with Crippen molar-refractivity contribution in [2.24, 2.45) is 0 Å². The van der Waals surface area contributed by atoms with E-state index in [-0.39, 0.29) is 23.8 Å². The van der Waals surface area contributed by atoms with Gasteiger partial charge < -0.3 is 29.2 Å². The van der Waals surface area contributed by atoms with Crippen LogP contribution >= 0.6 is 0 Å². The fourth-order valence-electron chi connectivity index (χ4n) is 6.00. The van der Waals surface area contributed by atoms with Gasteiger partial charge in [0.1, 0.15) is 23.5 Å². The molecule has 5 aromatic rings. The second-order valence-corrected chi connectivity index (χ2v) is 12.7. The Kier molecular flexibility index (Phi) is 8.78. The molecule has 1 saturated heterocycles. The first kappa shape index (κ1) is 32.1. The quantitative estimate of drug-likeness (QED) is 0.207. The molecule has 1 aliphatic rings. The van der Waals surface area contributed by atoms with Crippen LogP contribution in [-0.2, 0) is 11.3 Å². The summed E-state index contributed by atoms with van der Waals surface area (Å²) < 4.78 is 14.5. The van der Waals surface area contributed by atoms with Crippen LogP contribution in [0.2, 0.25) is 0 Å². The van der Waals surface area contributed by atoms with Gasteiger partial charge in [-0.3, -0.25) is 0 Å². The molecule has 1 aliphatic heterocycles. The second kappa shape index (κ2) is 13.1. The molecule has 13 nitrogen and oxygen atoms in total. The SMILES string of the molecule is CCN(Cc1ccc(OC)cc1)c1nc(Nc2ccc3c(c2)c(C#N)cn3C2CCN(C(=O)OC(C)(C)C)CC2)nn2c(C#N)cnc12. The standard InChI is InChI=1S/C35H38N10O3/c1-6-42(21-23-7-10-28(47-5)11-8-23)32-31-38-20-27(19-37)45(31)41-33(40-32)39-25-9-12-30-29(17-25)24(18-36)22-44(30)26-13-15-43(16-14-26)34(46)48-35(2,3)4/h7-12,17,20,22,26H,6,13-16,21H2,1-5H3,(H,39,41). The topological polar surface area (TPSA) is 150 Å². The highest BCUT2D eigenvalue weighted by molar-refractivity contribution is 5.90. The molecule has 6 rings (SSSR count). The van der Waals surface area contributed by atoms with E-state index in [9.17, 15) is 15.3 Å². The molecule has 0 saturated carbocycles. The summed E-state index contributed by atoms with van der Waals surface area (Å²) in [7, 11) is 1.64. The van der Waals surface area contributed by atoms with Crippen molar-refractivity contribution in [1.82, 2.24) is 29.0 Å². The van der Waals surface area contributed by atoms with Crippen LogP contribution in [0.3, 0.4) is 0 Å². The molecule has 3 aromatic heterocycles. The molecule has 48 heavy (non-hydrogen) atoms. The van der Waals surface area contributed by atoms with Gasteiger partial charge in [-0.25, -0.2) is 9.78 Å². The Labute approximate surface area is 278 Å². The number of carbonyl (C=O) groups excluding carboxylic acids is 1. The summed E-state index contributed by atoms with van der Waals surface area (Å²) >= 11 is 0. The summed E-state index contributed by atoms with van der Waals surface area (Å²) in [6, 6.07) is 18.3. The monoisotopic (exact) mass is 646 g/mol. The number of carbonyl (C=O) groups is 1. The highest BCUT2D eigenvalue weighted by Gasteiger charge is 2.28. The van der Waals surface area contributed by atoms with E-state index in [0.717, 1.165) is 35.1 Å². The fourth-order valence-corrected chi connectivity index (χ4v) is 6.00. The molecule has 2 aromatic carbocycles. The zero-order chi connectivity index (χ0) is 34.0. The lowest BCUT2D eigenvalue weighted by Crippen LogP contribution is -2.42. The minimum Gasteiger partial charge on any atom is -0.497 e. The molecular weight excluding hydrogens is 608 g/mol. The lowest BCUT2D eigenvalue weighted by molar-refractivity contribution is 0.0189. The van der Waals surface area contributed by atoms with Gasteiger partial charge in [0, 0.05) is 55.0 Å². The number of imidazole rings is 1. The summed E-state index contributed by atoms with van der Waals surface area (Å²) in [5.74, 6) is 1.64. The van der Waals surface area contributed by atoms with Crippen molar-refractivity contribution in [2.45, 2.75) is 58.7 Å². The van der Waals surface area contributed by atoms with Crippen molar-refractivity contribution in [3.8, 4) is 17.9 Å². The number of piperidine rings is 1. The van der Waals surface area contributed by atoms with E-state index >= 15 is 0 Å². The third kappa shape index (κ3) is 6.53. The maximum atomic E-state index is 12.6. The zero-order valence-corrected chi connectivity index (χ0v) is 27.8. The number of hydrogen-bond donors (Lipinski definition) is 1. The highest BCUT2D eigenvalue weighted by atomic mass is 16.6. The Balaban J connectivity index is 1.27. The van der Waals surface area contributed by atoms with E-state index in [1.807, 2.05) is 76.4 Å². The van der Waals surface area contributed by atoms with Crippen LogP contribution in [-0.4, -0.2) is 67.5 Å². The van der Waals surface area contributed by atoms with Gasteiger partial charge in [0.15, 0.2) is 17.2 Å². The van der Waals surface area contributed by atoms with E-state index in [1.165, 1.54) is 10.7 Å². The van der Waals surface area contributed by atoms with Crippen molar-refractivity contribution in [3.05, 3.63) is 71.7 Å². The molecule has 0 atom stereocenters. The van der Waals surface area contributed by atoms with E-state index < -0.39 is 5.60 Å². The lowest BCUT2D eigenvalue weighted by Gasteiger charge is -2.34. The molecular formula is C35H38N10O3. The van der Waals surface area contributed by atoms with Crippen LogP contribution in [0.5, 0.6) is 5.75 Å². The molecule has 4 heterocycles. The Morgan fingerprint density at radius 2 is 1.85 bits per heavy atom. The third-order valence-corrected chi connectivity index (χ3v) is 8.39. The molecule has 0 unspecified atom stereocenters. The van der Waals surface area contributed by atoms with E-state index in [2.05, 4.69) is 37.0 Å². The number of amides is 1. The van der Waals surface area contributed by atoms with Crippen molar-refractivity contribution >= 4 is 40.1 Å². The molecule has 1 N–H and O–H groups in total. The molecule has 13 heteroatoms. The van der Waals surface area contributed by atoms with Crippen LogP contribution in [0, 0.1) is 22.7 Å². The summed E-state index contributed by atoms with van der Waals surface area (Å²) in [5, 5.41) is 28.5. The zero-order valence-electron chi connectivity index (χ0n) is 27.8. The van der Waals surface area contributed by atoms with Crippen LogP contribution < -0.4 is 15.0 Å². The average Bonchev–Trinajstić information content (AvgIpc) is 3.67. The van der Waals surface area contributed by atoms with Crippen molar-refractivity contribution in [2.75, 3.05) is 37.0 Å². The normalized spacial score (nSPS) is 13.7. The predicted octanol–water partition coefficient (Wildman–Crippen LogP) is 6.17. The van der Waals surface area contributed by atoms with Gasteiger partial charge in [-0.05, 0) is 76.4 Å². The molecule has 1 amide bonds. The Morgan fingerprint density at radius 1 is 1.10 bits per heavy atom. The number of benzene rings is 2. The number of nitrogens with zero attached hydrogens (tertiary/aromatic N) is 9. The number of nitriles is 2. The Morgan fingerprint density at radius 3 is 2.50 bits per heavy atom. The number of fused-ring (bicyclic) bond motifs is 2. The smallest absolute Gasteiger partial charge is 0.410 e. The van der Waals surface area contributed by atoms with Gasteiger partial charge in [0.05, 0.1) is 18.9 Å². The van der Waals surface area contributed by atoms with Crippen molar-refractivity contribution in [3.63, 3.8) is 0 Å². The predicted molar refractivity (Wildman–Crippen MR) is 181 cm³/mol. The average molecular weight is 647 g/mol. The maximum Gasteiger partial charge on any atom is 0.410 e. The van der Waals surface area contributed by atoms with E-state index in [1.54, 1.807) is 12.0 Å². The summed E-state index contributed by atoms with van der Waals surface area (Å²) in [6.07, 6.45) is 4.59. The first-order chi connectivity index (χ1) is 23.1. The van der Waals surface area contributed by atoms with Gasteiger partial charge in [-0.2, -0.15) is 20.0 Å². The first-order valence-corrected chi connectivity index (χ1v) is 15.9. The van der Waals surface area contributed by atoms with Crippen molar-refractivity contribution in [1.29, 1.82) is 10.5 Å². The summed E-state index contributed by atoms with van der Waals surface area (Å²) in [5.41, 5.74) is 3.46. The first-order valence-electron chi connectivity index (χ1n) is 15.9. The minimum absolute atomic E-state index is 0.136.